The van der Waals surface area contributed by atoms with Crippen LogP contribution in [0.1, 0.15) is 0 Å². The summed E-state index contributed by atoms with van der Waals surface area (Å²) in [5.74, 6) is 0. The van der Waals surface area contributed by atoms with Gasteiger partial charge in [0.2, 0.25) is 0 Å². The molecular formula is C58H34O. The third-order valence-corrected chi connectivity index (χ3v) is 12.8. The van der Waals surface area contributed by atoms with Crippen molar-refractivity contribution in [3.63, 3.8) is 0 Å². The van der Waals surface area contributed by atoms with E-state index in [9.17, 15) is 0 Å². The molecule has 272 valence electrons. The van der Waals surface area contributed by atoms with Gasteiger partial charge in [0.15, 0.2) is 0 Å². The number of hydrogen-bond donors (Lipinski definition) is 0. The number of fused-ring (bicyclic) bond motifs is 16. The minimum absolute atomic E-state index is 0.949. The molecule has 0 bridgehead atoms. The first-order valence-corrected chi connectivity index (χ1v) is 20.4. The molecule has 0 aliphatic heterocycles. The molecule has 0 N–H and O–H groups in total. The second kappa shape index (κ2) is 12.4. The van der Waals surface area contributed by atoms with Gasteiger partial charge in [-0.1, -0.05) is 182 Å². The molecule has 0 spiro atoms. The van der Waals surface area contributed by atoms with Crippen LogP contribution in [0, 0.1) is 0 Å². The van der Waals surface area contributed by atoms with Gasteiger partial charge in [-0.15, -0.1) is 0 Å². The van der Waals surface area contributed by atoms with Gasteiger partial charge in [0.1, 0.15) is 11.2 Å². The molecule has 59 heavy (non-hydrogen) atoms. The summed E-state index contributed by atoms with van der Waals surface area (Å²) < 4.78 is 7.03. The summed E-state index contributed by atoms with van der Waals surface area (Å²) in [6.45, 7) is 0. The molecule has 13 aromatic rings. The third-order valence-electron chi connectivity index (χ3n) is 12.8. The molecular weight excluding hydrogens is 713 g/mol. The number of rotatable bonds is 3. The van der Waals surface area contributed by atoms with E-state index < -0.39 is 0 Å². The van der Waals surface area contributed by atoms with Crippen LogP contribution < -0.4 is 0 Å². The first kappa shape index (κ1) is 32.4. The first-order chi connectivity index (χ1) is 29.3. The van der Waals surface area contributed by atoms with Crippen LogP contribution in [0.5, 0.6) is 0 Å². The van der Waals surface area contributed by atoms with Gasteiger partial charge in [0, 0.05) is 21.5 Å². The van der Waals surface area contributed by atoms with E-state index in [1.807, 2.05) is 0 Å². The van der Waals surface area contributed by atoms with Gasteiger partial charge in [-0.25, -0.2) is 0 Å². The average molecular weight is 747 g/mol. The third kappa shape index (κ3) is 4.67. The predicted octanol–water partition coefficient (Wildman–Crippen LogP) is 16.7. The van der Waals surface area contributed by atoms with Gasteiger partial charge in [0.25, 0.3) is 0 Å². The minimum atomic E-state index is 0.949. The van der Waals surface area contributed by atoms with Gasteiger partial charge in [0.05, 0.1) is 0 Å². The molecule has 0 fully saturated rings. The van der Waals surface area contributed by atoms with E-state index in [4.69, 9.17) is 4.42 Å². The van der Waals surface area contributed by atoms with E-state index >= 15 is 0 Å². The van der Waals surface area contributed by atoms with Crippen molar-refractivity contribution in [2.24, 2.45) is 0 Å². The topological polar surface area (TPSA) is 13.1 Å². The SMILES string of the molecule is c1ccc(-c2c3ccccc3c(-c3ccc4cc(-c5ccc6c(c5)c5ccccc5c5c6oc6c7ccccc7c7ccccc7c65)ccc4c3)c3ccccc23)cc1. The summed E-state index contributed by atoms with van der Waals surface area (Å²) in [6, 6.07) is 75.6. The Bertz CT molecular complexity index is 3830. The summed E-state index contributed by atoms with van der Waals surface area (Å²) in [5, 5.41) is 19.5. The van der Waals surface area contributed by atoms with Crippen LogP contribution in [0.15, 0.2) is 211 Å². The van der Waals surface area contributed by atoms with Crippen molar-refractivity contribution in [2.45, 2.75) is 0 Å². The maximum atomic E-state index is 7.03. The summed E-state index contributed by atoms with van der Waals surface area (Å²) in [6.07, 6.45) is 0. The van der Waals surface area contributed by atoms with E-state index in [-0.39, 0.29) is 0 Å². The Hall–Kier alpha value is -7.74. The van der Waals surface area contributed by atoms with Crippen LogP contribution in [-0.2, 0) is 0 Å². The molecule has 1 nitrogen and oxygen atoms in total. The lowest BCUT2D eigenvalue weighted by Gasteiger charge is -2.18. The van der Waals surface area contributed by atoms with Crippen LogP contribution in [0.3, 0.4) is 0 Å². The lowest BCUT2D eigenvalue weighted by atomic mass is 9.85. The number of furan rings is 1. The zero-order valence-electron chi connectivity index (χ0n) is 32.0. The molecule has 0 aliphatic rings. The van der Waals surface area contributed by atoms with Crippen molar-refractivity contribution in [1.82, 2.24) is 0 Å². The van der Waals surface area contributed by atoms with Crippen LogP contribution in [0.2, 0.25) is 0 Å². The maximum Gasteiger partial charge on any atom is 0.143 e. The van der Waals surface area contributed by atoms with E-state index in [1.54, 1.807) is 0 Å². The fraction of sp³-hybridized carbons (Fsp3) is 0. The van der Waals surface area contributed by atoms with Crippen LogP contribution in [-0.4, -0.2) is 0 Å². The van der Waals surface area contributed by atoms with Gasteiger partial charge in [-0.3, -0.25) is 0 Å². The molecule has 1 heterocycles. The van der Waals surface area contributed by atoms with Crippen molar-refractivity contribution in [2.75, 3.05) is 0 Å². The first-order valence-electron chi connectivity index (χ1n) is 20.4. The smallest absolute Gasteiger partial charge is 0.143 e. The molecule has 0 unspecified atom stereocenters. The molecule has 0 aliphatic carbocycles. The second-order valence-corrected chi connectivity index (χ2v) is 15.9. The van der Waals surface area contributed by atoms with Crippen LogP contribution in [0.25, 0.3) is 131 Å². The Kier molecular flexibility index (Phi) is 6.79. The highest BCUT2D eigenvalue weighted by atomic mass is 16.3. The Balaban J connectivity index is 0.986. The molecule has 0 radical (unpaired) electrons. The van der Waals surface area contributed by atoms with Crippen LogP contribution in [0.4, 0.5) is 0 Å². The Labute approximate surface area is 340 Å². The van der Waals surface area contributed by atoms with Gasteiger partial charge >= 0.3 is 0 Å². The second-order valence-electron chi connectivity index (χ2n) is 15.9. The van der Waals surface area contributed by atoms with Gasteiger partial charge in [-0.2, -0.15) is 0 Å². The fourth-order valence-electron chi connectivity index (χ4n) is 10.2. The van der Waals surface area contributed by atoms with Gasteiger partial charge < -0.3 is 4.42 Å². The highest BCUT2D eigenvalue weighted by molar-refractivity contribution is 6.38. The van der Waals surface area contributed by atoms with E-state index in [0.717, 1.165) is 21.9 Å². The minimum Gasteiger partial charge on any atom is -0.455 e. The van der Waals surface area contributed by atoms with Crippen molar-refractivity contribution in [3.8, 4) is 33.4 Å². The summed E-state index contributed by atoms with van der Waals surface area (Å²) >= 11 is 0. The monoisotopic (exact) mass is 746 g/mol. The van der Waals surface area contributed by atoms with Crippen molar-refractivity contribution >= 4 is 97.3 Å². The molecule has 1 heteroatoms. The van der Waals surface area contributed by atoms with E-state index in [1.165, 1.54) is 109 Å². The molecule has 13 rings (SSSR count). The molecule has 1 aromatic heterocycles. The molecule has 0 atom stereocenters. The molecule has 0 amide bonds. The summed E-state index contributed by atoms with van der Waals surface area (Å²) in [7, 11) is 0. The lowest BCUT2D eigenvalue weighted by molar-refractivity contribution is 0.677. The molecule has 0 saturated heterocycles. The zero-order chi connectivity index (χ0) is 38.6. The Morgan fingerprint density at radius 2 is 0.593 bits per heavy atom. The maximum absolute atomic E-state index is 7.03. The largest absolute Gasteiger partial charge is 0.455 e. The molecule has 12 aromatic carbocycles. The Morgan fingerprint density at radius 1 is 0.220 bits per heavy atom. The predicted molar refractivity (Wildman–Crippen MR) is 253 cm³/mol. The summed E-state index contributed by atoms with van der Waals surface area (Å²) in [5.41, 5.74) is 9.32. The highest BCUT2D eigenvalue weighted by Crippen LogP contribution is 2.48. The number of benzene rings is 12. The normalized spacial score (nSPS) is 12.1. The van der Waals surface area contributed by atoms with Gasteiger partial charge in [-0.05, 0) is 122 Å². The highest BCUT2D eigenvalue weighted by Gasteiger charge is 2.21. The average Bonchev–Trinajstić information content (AvgIpc) is 3.72. The zero-order valence-corrected chi connectivity index (χ0v) is 32.0. The van der Waals surface area contributed by atoms with Crippen molar-refractivity contribution in [1.29, 1.82) is 0 Å². The fourth-order valence-corrected chi connectivity index (χ4v) is 10.2. The Morgan fingerprint density at radius 3 is 1.17 bits per heavy atom. The molecule has 0 saturated carbocycles. The van der Waals surface area contributed by atoms with Crippen molar-refractivity contribution < 1.29 is 4.42 Å². The number of hydrogen-bond acceptors (Lipinski definition) is 1. The standard InChI is InChI=1S/C58H34O/c1-2-14-35(15-3-1)53-46-21-9-11-23-48(46)54(49-24-12-10-22-47(49)53)40-29-28-36-32-37(26-27-38(36)33-40)39-30-31-51-52(34-39)43-18-5-8-20-45(43)56-55-44-19-7-4-16-41(44)42-17-6-13-25-50(42)57(55)59-58(51)56/h1-34H. The van der Waals surface area contributed by atoms with Crippen molar-refractivity contribution in [3.05, 3.63) is 206 Å². The lowest BCUT2D eigenvalue weighted by Crippen LogP contribution is -1.91. The van der Waals surface area contributed by atoms with E-state index in [0.29, 0.717) is 0 Å². The summed E-state index contributed by atoms with van der Waals surface area (Å²) in [4.78, 5) is 0. The quantitative estimate of drug-likeness (QED) is 0.130. The van der Waals surface area contributed by atoms with Crippen LogP contribution >= 0.6 is 0 Å². The van der Waals surface area contributed by atoms with E-state index in [2.05, 4.69) is 206 Å².